The minimum Gasteiger partial charge on any atom is -0.378 e. The summed E-state index contributed by atoms with van der Waals surface area (Å²) in [5.74, 6) is -0.846. The first kappa shape index (κ1) is 21.5. The van der Waals surface area contributed by atoms with E-state index in [2.05, 4.69) is 4.98 Å². The number of benzene rings is 1. The van der Waals surface area contributed by atoms with Crippen molar-refractivity contribution < 1.29 is 32.7 Å². The number of halogens is 3. The third-order valence-electron chi connectivity index (χ3n) is 4.47. The number of anilines is 1. The van der Waals surface area contributed by atoms with Gasteiger partial charge in [-0.3, -0.25) is 14.9 Å². The van der Waals surface area contributed by atoms with Crippen molar-refractivity contribution in [1.29, 1.82) is 0 Å². The highest BCUT2D eigenvalue weighted by atomic mass is 19.4. The van der Waals surface area contributed by atoms with Crippen LogP contribution in [0.3, 0.4) is 0 Å². The quantitative estimate of drug-likeness (QED) is 0.581. The van der Waals surface area contributed by atoms with Crippen molar-refractivity contribution in [3.05, 3.63) is 59.3 Å². The van der Waals surface area contributed by atoms with E-state index in [4.69, 9.17) is 9.94 Å². The van der Waals surface area contributed by atoms with Gasteiger partial charge >= 0.3 is 12.2 Å². The van der Waals surface area contributed by atoms with Gasteiger partial charge in [0, 0.05) is 18.7 Å². The molecule has 0 radical (unpaired) electrons. The van der Waals surface area contributed by atoms with E-state index in [1.54, 1.807) is 0 Å². The number of morpholine rings is 1. The van der Waals surface area contributed by atoms with Crippen molar-refractivity contribution in [3.63, 3.8) is 0 Å². The van der Waals surface area contributed by atoms with Crippen LogP contribution in [0.2, 0.25) is 0 Å². The highest BCUT2D eigenvalue weighted by Crippen LogP contribution is 2.29. The number of hydrogen-bond donors (Lipinski definition) is 2. The van der Waals surface area contributed by atoms with Gasteiger partial charge in [0.1, 0.15) is 11.5 Å². The number of urea groups is 1. The van der Waals surface area contributed by atoms with Crippen LogP contribution in [0, 0.1) is 0 Å². The zero-order valence-electron chi connectivity index (χ0n) is 15.7. The van der Waals surface area contributed by atoms with E-state index in [1.807, 2.05) is 0 Å². The smallest absolute Gasteiger partial charge is 0.378 e. The largest absolute Gasteiger partial charge is 0.433 e. The summed E-state index contributed by atoms with van der Waals surface area (Å²) < 4.78 is 44.6. The van der Waals surface area contributed by atoms with Crippen LogP contribution in [0.15, 0.2) is 42.5 Å². The van der Waals surface area contributed by atoms with Gasteiger partial charge in [0.15, 0.2) is 0 Å². The van der Waals surface area contributed by atoms with Crippen molar-refractivity contribution in [2.75, 3.05) is 31.2 Å². The van der Waals surface area contributed by atoms with Crippen LogP contribution in [-0.4, -0.2) is 53.3 Å². The summed E-state index contributed by atoms with van der Waals surface area (Å²) in [6.45, 7) is 1.22. The maximum Gasteiger partial charge on any atom is 0.433 e. The minimum atomic E-state index is -4.65. The standard InChI is InChI=1S/C19H19F3N4O4/c20-19(21,22)15-2-1-3-16(23-15)26(18(28)25-8-10-30-11-9-25)12-13-4-6-14(7-5-13)17(27)24-29/h1-7,29H,8-12H2,(H,24,27). The van der Waals surface area contributed by atoms with Crippen molar-refractivity contribution >= 4 is 17.8 Å². The maximum absolute atomic E-state index is 13.1. The summed E-state index contributed by atoms with van der Waals surface area (Å²) in [6.07, 6.45) is -4.65. The number of carbonyl (C=O) groups excluding carboxylic acids is 2. The highest BCUT2D eigenvalue weighted by Gasteiger charge is 2.34. The van der Waals surface area contributed by atoms with E-state index in [-0.39, 0.29) is 17.9 Å². The molecule has 0 atom stereocenters. The summed E-state index contributed by atoms with van der Waals surface area (Å²) in [5.41, 5.74) is 1.15. The van der Waals surface area contributed by atoms with Crippen LogP contribution >= 0.6 is 0 Å². The van der Waals surface area contributed by atoms with E-state index < -0.39 is 23.8 Å². The second-order valence-electron chi connectivity index (χ2n) is 6.48. The number of nitrogens with one attached hydrogen (secondary N) is 1. The first-order chi connectivity index (χ1) is 14.3. The molecule has 0 bridgehead atoms. The SMILES string of the molecule is O=C(NO)c1ccc(CN(C(=O)N2CCOCC2)c2cccc(C(F)(F)F)n2)cc1. The van der Waals surface area contributed by atoms with E-state index in [0.29, 0.717) is 31.9 Å². The lowest BCUT2D eigenvalue weighted by atomic mass is 10.1. The number of hydrogen-bond acceptors (Lipinski definition) is 5. The Morgan fingerprint density at radius 3 is 2.40 bits per heavy atom. The number of aromatic nitrogens is 1. The van der Waals surface area contributed by atoms with Crippen molar-refractivity contribution in [1.82, 2.24) is 15.4 Å². The van der Waals surface area contributed by atoms with Crippen LogP contribution in [0.4, 0.5) is 23.8 Å². The van der Waals surface area contributed by atoms with Crippen LogP contribution in [0.25, 0.3) is 0 Å². The summed E-state index contributed by atoms with van der Waals surface area (Å²) in [7, 11) is 0. The number of hydroxylamine groups is 1. The molecule has 11 heteroatoms. The molecule has 3 amide bonds. The van der Waals surface area contributed by atoms with Gasteiger partial charge in [0.25, 0.3) is 5.91 Å². The zero-order chi connectivity index (χ0) is 21.7. The van der Waals surface area contributed by atoms with Crippen molar-refractivity contribution in [2.45, 2.75) is 12.7 Å². The molecule has 0 aliphatic carbocycles. The number of alkyl halides is 3. The summed E-state index contributed by atoms with van der Waals surface area (Å²) >= 11 is 0. The fourth-order valence-corrected chi connectivity index (χ4v) is 2.91. The number of carbonyl (C=O) groups is 2. The van der Waals surface area contributed by atoms with Gasteiger partial charge in [0.2, 0.25) is 0 Å². The molecule has 0 unspecified atom stereocenters. The molecule has 30 heavy (non-hydrogen) atoms. The molecule has 1 aromatic heterocycles. The topological polar surface area (TPSA) is 95.0 Å². The van der Waals surface area contributed by atoms with Crippen LogP contribution in [0.1, 0.15) is 21.6 Å². The molecule has 2 heterocycles. The molecule has 3 rings (SSSR count). The number of pyridine rings is 1. The van der Waals surface area contributed by atoms with E-state index >= 15 is 0 Å². The lowest BCUT2D eigenvalue weighted by molar-refractivity contribution is -0.141. The first-order valence-corrected chi connectivity index (χ1v) is 9.01. The van der Waals surface area contributed by atoms with Gasteiger partial charge in [-0.25, -0.2) is 15.3 Å². The second-order valence-corrected chi connectivity index (χ2v) is 6.48. The van der Waals surface area contributed by atoms with Gasteiger partial charge < -0.3 is 9.64 Å². The molecule has 0 saturated carbocycles. The number of ether oxygens (including phenoxy) is 1. The Hall–Kier alpha value is -3.18. The van der Waals surface area contributed by atoms with Gasteiger partial charge in [-0.05, 0) is 29.8 Å². The average molecular weight is 424 g/mol. The molecular formula is C19H19F3N4O4. The third kappa shape index (κ3) is 5.05. The second kappa shape index (κ2) is 9.09. The predicted molar refractivity (Wildman–Crippen MR) is 98.9 cm³/mol. The zero-order valence-corrected chi connectivity index (χ0v) is 15.7. The fraction of sp³-hybridized carbons (Fsp3) is 0.316. The van der Waals surface area contributed by atoms with Gasteiger partial charge in [-0.1, -0.05) is 18.2 Å². The molecule has 2 aromatic rings. The first-order valence-electron chi connectivity index (χ1n) is 9.01. The van der Waals surface area contributed by atoms with Gasteiger partial charge in [0.05, 0.1) is 19.8 Å². The Labute approximate surface area is 169 Å². The number of nitrogens with zero attached hydrogens (tertiary/aromatic N) is 3. The highest BCUT2D eigenvalue weighted by molar-refractivity contribution is 5.93. The summed E-state index contributed by atoms with van der Waals surface area (Å²) in [6, 6.07) is 8.80. The summed E-state index contributed by atoms with van der Waals surface area (Å²) in [5, 5.41) is 8.69. The molecule has 1 fully saturated rings. The van der Waals surface area contributed by atoms with Crippen molar-refractivity contribution in [2.24, 2.45) is 0 Å². The molecule has 1 aliphatic heterocycles. The molecule has 1 aromatic carbocycles. The molecule has 0 spiro atoms. The average Bonchev–Trinajstić information content (AvgIpc) is 2.77. The molecule has 160 valence electrons. The Morgan fingerprint density at radius 2 is 1.80 bits per heavy atom. The lowest BCUT2D eigenvalue weighted by Crippen LogP contribution is -2.48. The van der Waals surface area contributed by atoms with Gasteiger partial charge in [-0.15, -0.1) is 0 Å². The fourth-order valence-electron chi connectivity index (χ4n) is 2.91. The predicted octanol–water partition coefficient (Wildman–Crippen LogP) is 2.68. The number of rotatable bonds is 4. The normalized spacial score (nSPS) is 14.3. The molecular weight excluding hydrogens is 405 g/mol. The third-order valence-corrected chi connectivity index (χ3v) is 4.47. The Bertz CT molecular complexity index is 899. The van der Waals surface area contributed by atoms with Gasteiger partial charge in [-0.2, -0.15) is 13.2 Å². The lowest BCUT2D eigenvalue weighted by Gasteiger charge is -2.32. The van der Waals surface area contributed by atoms with E-state index in [9.17, 15) is 22.8 Å². The Morgan fingerprint density at radius 1 is 1.13 bits per heavy atom. The maximum atomic E-state index is 13.1. The molecule has 1 saturated heterocycles. The molecule has 8 nitrogen and oxygen atoms in total. The molecule has 1 aliphatic rings. The van der Waals surface area contributed by atoms with E-state index in [1.165, 1.54) is 46.8 Å². The summed E-state index contributed by atoms with van der Waals surface area (Å²) in [4.78, 5) is 30.8. The van der Waals surface area contributed by atoms with Crippen LogP contribution in [0.5, 0.6) is 0 Å². The minimum absolute atomic E-state index is 0.0640. The molecule has 2 N–H and O–H groups in total. The monoisotopic (exact) mass is 424 g/mol. The van der Waals surface area contributed by atoms with Crippen molar-refractivity contribution in [3.8, 4) is 0 Å². The Balaban J connectivity index is 1.91. The number of amides is 3. The van der Waals surface area contributed by atoms with E-state index in [0.717, 1.165) is 11.0 Å². The Kier molecular flexibility index (Phi) is 6.53. The van der Waals surface area contributed by atoms with Crippen LogP contribution in [-0.2, 0) is 17.5 Å². The van der Waals surface area contributed by atoms with Crippen LogP contribution < -0.4 is 10.4 Å².